The Morgan fingerprint density at radius 3 is 2.63 bits per heavy atom. The first-order chi connectivity index (χ1) is 8.79. The van der Waals surface area contributed by atoms with Crippen LogP contribution >= 0.6 is 0 Å². The number of nitrogens with zero attached hydrogens (tertiary/aromatic N) is 2. The molecule has 1 aromatic rings. The minimum absolute atomic E-state index is 0.0904. The van der Waals surface area contributed by atoms with Crippen LogP contribution in [0.5, 0.6) is 0 Å². The molecule has 1 aromatic heterocycles. The number of halogens is 3. The van der Waals surface area contributed by atoms with E-state index in [0.717, 1.165) is 4.90 Å². The number of aromatic nitrogens is 1. The molecule has 1 heterocycles. The third-order valence-corrected chi connectivity index (χ3v) is 2.96. The predicted molar refractivity (Wildman–Crippen MR) is 62.4 cm³/mol. The summed E-state index contributed by atoms with van der Waals surface area (Å²) >= 11 is 0. The minimum Gasteiger partial charge on any atom is -0.478 e. The Morgan fingerprint density at radius 2 is 2.16 bits per heavy atom. The van der Waals surface area contributed by atoms with Crippen molar-refractivity contribution in [1.82, 2.24) is 4.98 Å². The zero-order valence-electron chi connectivity index (χ0n) is 10.2. The van der Waals surface area contributed by atoms with Crippen LogP contribution in [0.15, 0.2) is 12.3 Å². The number of hydrogen-bond acceptors (Lipinski definition) is 3. The molecule has 0 saturated heterocycles. The fraction of sp³-hybridized carbons (Fsp3) is 0.500. The van der Waals surface area contributed by atoms with E-state index in [2.05, 4.69) is 4.98 Å². The van der Waals surface area contributed by atoms with E-state index in [-0.39, 0.29) is 17.4 Å². The first kappa shape index (κ1) is 13.6. The Bertz CT molecular complexity index is 498. The molecule has 0 bridgehead atoms. The van der Waals surface area contributed by atoms with Crippen molar-refractivity contribution in [2.75, 3.05) is 11.4 Å². The lowest BCUT2D eigenvalue weighted by Crippen LogP contribution is -2.37. The van der Waals surface area contributed by atoms with E-state index in [1.807, 2.05) is 0 Å². The highest BCUT2D eigenvalue weighted by atomic mass is 19.4. The van der Waals surface area contributed by atoms with Crippen molar-refractivity contribution in [3.8, 4) is 0 Å². The van der Waals surface area contributed by atoms with E-state index in [1.54, 1.807) is 6.92 Å². The van der Waals surface area contributed by atoms with Gasteiger partial charge in [-0.2, -0.15) is 13.2 Å². The van der Waals surface area contributed by atoms with Gasteiger partial charge in [0, 0.05) is 12.2 Å². The molecule has 104 valence electrons. The van der Waals surface area contributed by atoms with Crippen molar-refractivity contribution in [3.63, 3.8) is 0 Å². The summed E-state index contributed by atoms with van der Waals surface area (Å²) in [4.78, 5) is 16.1. The van der Waals surface area contributed by atoms with E-state index in [1.165, 1.54) is 12.3 Å². The second-order valence-electron chi connectivity index (χ2n) is 4.61. The Labute approximate surface area is 107 Å². The zero-order chi connectivity index (χ0) is 14.2. The highest BCUT2D eigenvalue weighted by Gasteiger charge is 2.40. The van der Waals surface area contributed by atoms with Crippen LogP contribution in [-0.4, -0.2) is 34.8 Å². The molecule has 0 unspecified atom stereocenters. The molecule has 0 spiro atoms. The van der Waals surface area contributed by atoms with Crippen LogP contribution < -0.4 is 4.90 Å². The lowest BCUT2D eigenvalue weighted by molar-refractivity contribution is -0.120. The van der Waals surface area contributed by atoms with Gasteiger partial charge in [-0.15, -0.1) is 0 Å². The van der Waals surface area contributed by atoms with Gasteiger partial charge in [0.15, 0.2) is 0 Å². The quantitative estimate of drug-likeness (QED) is 0.917. The lowest BCUT2D eigenvalue weighted by Gasteiger charge is -2.26. The molecule has 0 aromatic carbocycles. The number of aryl methyl sites for hydroxylation is 1. The molecule has 19 heavy (non-hydrogen) atoms. The number of pyridine rings is 1. The first-order valence-electron chi connectivity index (χ1n) is 5.82. The fourth-order valence-corrected chi connectivity index (χ4v) is 1.98. The maximum absolute atomic E-state index is 12.6. The highest BCUT2D eigenvalue weighted by Crippen LogP contribution is 2.35. The van der Waals surface area contributed by atoms with Crippen LogP contribution in [0.25, 0.3) is 0 Å². The van der Waals surface area contributed by atoms with Gasteiger partial charge in [-0.3, -0.25) is 0 Å². The number of carbonyl (C=O) groups is 1. The number of aromatic carboxylic acids is 1. The van der Waals surface area contributed by atoms with Gasteiger partial charge < -0.3 is 10.0 Å². The maximum atomic E-state index is 12.6. The molecule has 1 N–H and O–H groups in total. The summed E-state index contributed by atoms with van der Waals surface area (Å²) in [5, 5.41) is 9.15. The van der Waals surface area contributed by atoms with Crippen molar-refractivity contribution < 1.29 is 23.1 Å². The van der Waals surface area contributed by atoms with Crippen molar-refractivity contribution >= 4 is 11.8 Å². The number of carboxylic acid groups (broad SMARTS) is 1. The van der Waals surface area contributed by atoms with Gasteiger partial charge in [-0.1, -0.05) is 0 Å². The molecule has 1 aliphatic rings. The monoisotopic (exact) mass is 274 g/mol. The third kappa shape index (κ3) is 3.15. The predicted octanol–water partition coefficient (Wildman–Crippen LogP) is 2.62. The van der Waals surface area contributed by atoms with Crippen LogP contribution in [0.1, 0.15) is 28.8 Å². The molecule has 0 aliphatic heterocycles. The first-order valence-corrected chi connectivity index (χ1v) is 5.82. The largest absolute Gasteiger partial charge is 0.478 e. The Balaban J connectivity index is 2.42. The normalized spacial score (nSPS) is 15.4. The minimum atomic E-state index is -4.39. The topological polar surface area (TPSA) is 53.4 Å². The Hall–Kier alpha value is -1.79. The van der Waals surface area contributed by atoms with Crippen LogP contribution in [0.4, 0.5) is 19.0 Å². The zero-order valence-corrected chi connectivity index (χ0v) is 10.2. The van der Waals surface area contributed by atoms with Crippen molar-refractivity contribution in [2.24, 2.45) is 0 Å². The van der Waals surface area contributed by atoms with Crippen LogP contribution in [-0.2, 0) is 0 Å². The fourth-order valence-electron chi connectivity index (χ4n) is 1.98. The van der Waals surface area contributed by atoms with Crippen molar-refractivity contribution in [1.29, 1.82) is 0 Å². The summed E-state index contributed by atoms with van der Waals surface area (Å²) in [5.41, 5.74) is 0.254. The second-order valence-corrected chi connectivity index (χ2v) is 4.61. The summed E-state index contributed by atoms with van der Waals surface area (Å²) in [7, 11) is 0. The van der Waals surface area contributed by atoms with E-state index in [9.17, 15) is 18.0 Å². The van der Waals surface area contributed by atoms with Gasteiger partial charge in [-0.05, 0) is 31.4 Å². The number of alkyl halides is 3. The third-order valence-electron chi connectivity index (χ3n) is 2.96. The van der Waals surface area contributed by atoms with Gasteiger partial charge in [0.2, 0.25) is 0 Å². The molecule has 0 amide bonds. The molecular weight excluding hydrogens is 261 g/mol. The number of anilines is 1. The summed E-state index contributed by atoms with van der Waals surface area (Å²) in [6.45, 7) is 0.377. The Kier molecular flexibility index (Phi) is 3.38. The smallest absolute Gasteiger partial charge is 0.405 e. The summed E-state index contributed by atoms with van der Waals surface area (Å²) in [6.07, 6.45) is -1.79. The SMILES string of the molecule is Cc1ccnc(N(CC(F)(F)F)C2CC2)c1C(=O)O. The molecular formula is C12H13F3N2O2. The van der Waals surface area contributed by atoms with Crippen LogP contribution in [0, 0.1) is 6.92 Å². The maximum Gasteiger partial charge on any atom is 0.405 e. The van der Waals surface area contributed by atoms with Crippen LogP contribution in [0.2, 0.25) is 0 Å². The standard InChI is InChI=1S/C12H13F3N2O2/c1-7-4-5-16-10(9(7)11(18)19)17(8-2-3-8)6-12(13,14)15/h4-5,8H,2-3,6H2,1H3,(H,18,19). The lowest BCUT2D eigenvalue weighted by atomic mass is 10.1. The number of hydrogen-bond donors (Lipinski definition) is 1. The molecule has 7 heteroatoms. The van der Waals surface area contributed by atoms with Gasteiger partial charge in [0.25, 0.3) is 0 Å². The molecule has 1 saturated carbocycles. The molecule has 1 fully saturated rings. The number of carboxylic acids is 1. The van der Waals surface area contributed by atoms with E-state index in [4.69, 9.17) is 5.11 Å². The van der Waals surface area contributed by atoms with E-state index < -0.39 is 18.7 Å². The molecule has 0 atom stereocenters. The molecule has 4 nitrogen and oxygen atoms in total. The number of rotatable bonds is 4. The second kappa shape index (κ2) is 4.71. The summed E-state index contributed by atoms with van der Waals surface area (Å²) in [6, 6.07) is 1.21. The van der Waals surface area contributed by atoms with Crippen molar-refractivity contribution in [2.45, 2.75) is 32.0 Å². The molecule has 0 radical (unpaired) electrons. The van der Waals surface area contributed by atoms with Gasteiger partial charge in [0.05, 0.1) is 0 Å². The Morgan fingerprint density at radius 1 is 1.53 bits per heavy atom. The average Bonchev–Trinajstić information content (AvgIpc) is 3.07. The van der Waals surface area contributed by atoms with Gasteiger partial charge in [-0.25, -0.2) is 9.78 Å². The van der Waals surface area contributed by atoms with Crippen molar-refractivity contribution in [3.05, 3.63) is 23.4 Å². The average molecular weight is 274 g/mol. The highest BCUT2D eigenvalue weighted by molar-refractivity contribution is 5.95. The summed E-state index contributed by atoms with van der Waals surface area (Å²) < 4.78 is 37.8. The van der Waals surface area contributed by atoms with Gasteiger partial charge >= 0.3 is 12.1 Å². The summed E-state index contributed by atoms with van der Waals surface area (Å²) in [5.74, 6) is -1.35. The van der Waals surface area contributed by atoms with E-state index >= 15 is 0 Å². The van der Waals surface area contributed by atoms with Gasteiger partial charge in [0.1, 0.15) is 17.9 Å². The molecule has 2 rings (SSSR count). The molecule has 1 aliphatic carbocycles. The van der Waals surface area contributed by atoms with E-state index in [0.29, 0.717) is 18.4 Å². The van der Waals surface area contributed by atoms with Crippen LogP contribution in [0.3, 0.4) is 0 Å².